The number of aromatic nitrogens is 3. The van der Waals surface area contributed by atoms with E-state index in [2.05, 4.69) is 10.1 Å². The lowest BCUT2D eigenvalue weighted by Gasteiger charge is -2.17. The van der Waals surface area contributed by atoms with E-state index in [0.29, 0.717) is 28.0 Å². The van der Waals surface area contributed by atoms with Crippen LogP contribution in [0.1, 0.15) is 24.2 Å². The van der Waals surface area contributed by atoms with Gasteiger partial charge in [0, 0.05) is 10.0 Å². The molecule has 2 unspecified atom stereocenters. The first-order valence-electron chi connectivity index (χ1n) is 6.12. The number of nitrogens with zero attached hydrogens (tertiary/aromatic N) is 3. The van der Waals surface area contributed by atoms with Crippen LogP contribution in [-0.4, -0.2) is 32.6 Å². The quantitative estimate of drug-likeness (QED) is 0.922. The van der Waals surface area contributed by atoms with Crippen molar-refractivity contribution in [1.82, 2.24) is 14.8 Å². The van der Waals surface area contributed by atoms with E-state index < -0.39 is 12.1 Å². The highest BCUT2D eigenvalue weighted by Gasteiger charge is 2.27. The molecule has 0 amide bonds. The maximum atomic E-state index is 14.0. The molecule has 1 N–H and O–H groups in total. The third kappa shape index (κ3) is 3.29. The summed E-state index contributed by atoms with van der Waals surface area (Å²) in [5.74, 6) is -0.336. The van der Waals surface area contributed by atoms with Crippen LogP contribution in [0, 0.1) is 0 Å². The van der Waals surface area contributed by atoms with E-state index in [9.17, 15) is 4.39 Å². The number of benzene rings is 1. The number of halogens is 3. The standard InChI is InChI=1S/C13H14Cl2FN3O/c1-8(16)12(10-3-2-9(14)6-11(10)15)13-17-7-19(18-13)4-5-20/h2-3,6-8,12,20H,4-5H2,1H3. The van der Waals surface area contributed by atoms with Crippen LogP contribution in [0.5, 0.6) is 0 Å². The molecule has 2 atom stereocenters. The average Bonchev–Trinajstić information content (AvgIpc) is 2.81. The van der Waals surface area contributed by atoms with Gasteiger partial charge in [0.05, 0.1) is 19.1 Å². The molecule has 0 aliphatic rings. The van der Waals surface area contributed by atoms with Crippen molar-refractivity contribution in [2.45, 2.75) is 25.6 Å². The minimum absolute atomic E-state index is 0.0552. The number of aliphatic hydroxyl groups is 1. The molecule has 2 aromatic rings. The highest BCUT2D eigenvalue weighted by Crippen LogP contribution is 2.34. The van der Waals surface area contributed by atoms with E-state index in [1.165, 1.54) is 17.9 Å². The Bertz CT molecular complexity index is 589. The molecule has 0 spiro atoms. The first kappa shape index (κ1) is 15.2. The van der Waals surface area contributed by atoms with E-state index in [1.807, 2.05) is 0 Å². The fraction of sp³-hybridized carbons (Fsp3) is 0.385. The van der Waals surface area contributed by atoms with Crippen LogP contribution < -0.4 is 0 Å². The Morgan fingerprint density at radius 2 is 2.15 bits per heavy atom. The molecule has 0 radical (unpaired) electrons. The number of hydrogen-bond donors (Lipinski definition) is 1. The van der Waals surface area contributed by atoms with Gasteiger partial charge in [-0.1, -0.05) is 29.3 Å². The maximum Gasteiger partial charge on any atom is 0.161 e. The van der Waals surface area contributed by atoms with Gasteiger partial charge in [0.15, 0.2) is 5.82 Å². The van der Waals surface area contributed by atoms with E-state index in [-0.39, 0.29) is 6.61 Å². The van der Waals surface area contributed by atoms with Crippen LogP contribution in [0.4, 0.5) is 4.39 Å². The van der Waals surface area contributed by atoms with Gasteiger partial charge >= 0.3 is 0 Å². The molecule has 0 saturated carbocycles. The molecule has 2 rings (SSSR count). The second-order valence-electron chi connectivity index (χ2n) is 4.41. The van der Waals surface area contributed by atoms with Crippen molar-refractivity contribution in [1.29, 1.82) is 0 Å². The van der Waals surface area contributed by atoms with Crippen molar-refractivity contribution >= 4 is 23.2 Å². The Balaban J connectivity index is 2.39. The Hall–Kier alpha value is -1.17. The van der Waals surface area contributed by atoms with Crippen molar-refractivity contribution in [2.75, 3.05) is 6.61 Å². The van der Waals surface area contributed by atoms with Gasteiger partial charge in [-0.3, -0.25) is 4.68 Å². The molecule has 0 saturated heterocycles. The smallest absolute Gasteiger partial charge is 0.161 e. The second kappa shape index (κ2) is 6.52. The van der Waals surface area contributed by atoms with Crippen LogP contribution in [-0.2, 0) is 6.54 Å². The highest BCUT2D eigenvalue weighted by molar-refractivity contribution is 6.35. The lowest BCUT2D eigenvalue weighted by molar-refractivity contribution is 0.268. The normalized spacial score (nSPS) is 14.2. The fourth-order valence-corrected chi connectivity index (χ4v) is 2.53. The Morgan fingerprint density at radius 3 is 2.75 bits per heavy atom. The minimum atomic E-state index is -1.21. The van der Waals surface area contributed by atoms with Crippen LogP contribution in [0.3, 0.4) is 0 Å². The molecule has 108 valence electrons. The molecular weight excluding hydrogens is 304 g/mol. The molecule has 0 aliphatic heterocycles. The number of alkyl halides is 1. The van der Waals surface area contributed by atoms with Crippen LogP contribution in [0.25, 0.3) is 0 Å². The molecule has 0 aliphatic carbocycles. The van der Waals surface area contributed by atoms with Crippen molar-refractivity contribution in [2.24, 2.45) is 0 Å². The first-order valence-corrected chi connectivity index (χ1v) is 6.87. The maximum absolute atomic E-state index is 14.0. The lowest BCUT2D eigenvalue weighted by Crippen LogP contribution is -2.15. The summed E-state index contributed by atoms with van der Waals surface area (Å²) in [7, 11) is 0. The summed E-state index contributed by atoms with van der Waals surface area (Å²) in [6.07, 6.45) is 0.253. The summed E-state index contributed by atoms with van der Waals surface area (Å²) >= 11 is 12.0. The average molecular weight is 318 g/mol. The van der Waals surface area contributed by atoms with E-state index in [4.69, 9.17) is 28.3 Å². The van der Waals surface area contributed by atoms with E-state index in [1.54, 1.807) is 18.2 Å². The Morgan fingerprint density at radius 1 is 1.40 bits per heavy atom. The topological polar surface area (TPSA) is 50.9 Å². The van der Waals surface area contributed by atoms with Crippen LogP contribution in [0.15, 0.2) is 24.5 Å². The van der Waals surface area contributed by atoms with Crippen molar-refractivity contribution in [3.05, 3.63) is 46.0 Å². The summed E-state index contributed by atoms with van der Waals surface area (Å²) in [5, 5.41) is 13.9. The summed E-state index contributed by atoms with van der Waals surface area (Å²) < 4.78 is 15.4. The van der Waals surface area contributed by atoms with Gasteiger partial charge in [-0.25, -0.2) is 9.37 Å². The largest absolute Gasteiger partial charge is 0.394 e. The third-order valence-corrected chi connectivity index (χ3v) is 3.48. The molecule has 0 bridgehead atoms. The Kier molecular flexibility index (Phi) is 4.96. The molecule has 1 aromatic heterocycles. The minimum Gasteiger partial charge on any atom is -0.394 e. The van der Waals surface area contributed by atoms with Gasteiger partial charge in [-0.15, -0.1) is 0 Å². The second-order valence-corrected chi connectivity index (χ2v) is 5.25. The van der Waals surface area contributed by atoms with Gasteiger partial charge in [-0.2, -0.15) is 5.10 Å². The van der Waals surface area contributed by atoms with Gasteiger partial charge in [0.25, 0.3) is 0 Å². The molecule has 4 nitrogen and oxygen atoms in total. The third-order valence-electron chi connectivity index (χ3n) is 2.92. The van der Waals surface area contributed by atoms with Gasteiger partial charge in [0.2, 0.25) is 0 Å². The zero-order valence-electron chi connectivity index (χ0n) is 10.8. The van der Waals surface area contributed by atoms with Gasteiger partial charge in [-0.05, 0) is 24.6 Å². The summed E-state index contributed by atoms with van der Waals surface area (Å²) in [4.78, 5) is 4.11. The van der Waals surface area contributed by atoms with Crippen LogP contribution in [0.2, 0.25) is 10.0 Å². The molecular formula is C13H14Cl2FN3O. The fourth-order valence-electron chi connectivity index (χ4n) is 2.01. The SMILES string of the molecule is CC(F)C(c1ncn(CCO)n1)c1ccc(Cl)cc1Cl. The predicted octanol–water partition coefficient (Wildman–Crippen LogP) is 3.07. The Labute approximate surface area is 126 Å². The van der Waals surface area contributed by atoms with Gasteiger partial charge < -0.3 is 5.11 Å². The van der Waals surface area contributed by atoms with Crippen molar-refractivity contribution < 1.29 is 9.50 Å². The highest BCUT2D eigenvalue weighted by atomic mass is 35.5. The van der Waals surface area contributed by atoms with E-state index >= 15 is 0 Å². The molecule has 7 heteroatoms. The zero-order chi connectivity index (χ0) is 14.7. The number of hydrogen-bond acceptors (Lipinski definition) is 3. The first-order chi connectivity index (χ1) is 9.52. The molecule has 0 fully saturated rings. The van der Waals surface area contributed by atoms with Gasteiger partial charge in [0.1, 0.15) is 12.5 Å². The zero-order valence-corrected chi connectivity index (χ0v) is 12.3. The van der Waals surface area contributed by atoms with Crippen LogP contribution >= 0.6 is 23.2 Å². The lowest BCUT2D eigenvalue weighted by atomic mass is 9.94. The molecule has 1 aromatic carbocycles. The number of aliphatic hydroxyl groups excluding tert-OH is 1. The summed E-state index contributed by atoms with van der Waals surface area (Å²) in [5.41, 5.74) is 0.591. The summed E-state index contributed by atoms with van der Waals surface area (Å²) in [6.45, 7) is 1.69. The van der Waals surface area contributed by atoms with E-state index in [0.717, 1.165) is 0 Å². The number of rotatable bonds is 5. The predicted molar refractivity (Wildman–Crippen MR) is 76.0 cm³/mol. The molecule has 1 heterocycles. The summed E-state index contributed by atoms with van der Waals surface area (Å²) in [6, 6.07) is 4.90. The van der Waals surface area contributed by atoms with Crippen molar-refractivity contribution in [3.8, 4) is 0 Å². The monoisotopic (exact) mass is 317 g/mol. The molecule has 20 heavy (non-hydrogen) atoms. The van der Waals surface area contributed by atoms with Crippen molar-refractivity contribution in [3.63, 3.8) is 0 Å².